The number of hydrogen-bond donors (Lipinski definition) is 0. The molecule has 0 saturated carbocycles. The molecule has 0 N–H and O–H groups in total. The minimum Gasteiger partial charge on any atom is -0.456 e. The molecule has 9 aromatic rings. The first kappa shape index (κ1) is 26.6. The van der Waals surface area contributed by atoms with Crippen molar-refractivity contribution in [1.29, 1.82) is 5.26 Å². The van der Waals surface area contributed by atoms with Gasteiger partial charge in [-0.2, -0.15) is 5.26 Å². The molecule has 3 heterocycles. The second kappa shape index (κ2) is 9.96. The number of hydrogen-bond acceptors (Lipinski definition) is 3. The van der Waals surface area contributed by atoms with Crippen LogP contribution >= 0.6 is 0 Å². The zero-order valence-electron chi connectivity index (χ0n) is 25.7. The lowest BCUT2D eigenvalue weighted by molar-refractivity contribution is 0.440. The standard InChI is InChI=1S/C44H26N2O2/c45-27-28-19-23-39-33(25-28)34-26-31(20-24-40(34)47-39)46-37-17-9-7-15-32(37)42-38(46)22-21-36-43(42)48-41-18-10-8-16-35(41)44(36,29-11-3-1-4-12-29)30-13-5-2-6-14-30/h1-26H. The highest BCUT2D eigenvalue weighted by Crippen LogP contribution is 2.57. The van der Waals surface area contributed by atoms with E-state index in [0.717, 1.165) is 72.1 Å². The average molecular weight is 615 g/mol. The summed E-state index contributed by atoms with van der Waals surface area (Å²) in [5.41, 5.74) is 9.30. The van der Waals surface area contributed by atoms with Gasteiger partial charge in [-0.1, -0.05) is 103 Å². The first-order chi connectivity index (χ1) is 23.8. The Labute approximate surface area is 276 Å². The van der Waals surface area contributed by atoms with E-state index in [4.69, 9.17) is 9.15 Å². The normalized spacial score (nSPS) is 13.3. The SMILES string of the molecule is N#Cc1ccc2oc3ccc(-n4c5ccccc5c5c6c(ccc54)C(c4ccccc4)(c4ccccc4)c4ccccc4O6)cc3c2c1. The van der Waals surface area contributed by atoms with Gasteiger partial charge in [-0.15, -0.1) is 0 Å². The van der Waals surface area contributed by atoms with Crippen molar-refractivity contribution in [2.45, 2.75) is 5.41 Å². The molecule has 1 aliphatic rings. The molecular weight excluding hydrogens is 588 g/mol. The summed E-state index contributed by atoms with van der Waals surface area (Å²) in [4.78, 5) is 0. The van der Waals surface area contributed by atoms with E-state index in [1.165, 1.54) is 11.1 Å². The highest BCUT2D eigenvalue weighted by molar-refractivity contribution is 6.14. The van der Waals surface area contributed by atoms with Crippen molar-refractivity contribution in [2.24, 2.45) is 0 Å². The smallest absolute Gasteiger partial charge is 0.142 e. The molecule has 48 heavy (non-hydrogen) atoms. The minimum absolute atomic E-state index is 0.600. The highest BCUT2D eigenvalue weighted by atomic mass is 16.5. The third-order valence-corrected chi connectivity index (χ3v) is 9.95. The maximum Gasteiger partial charge on any atom is 0.142 e. The number of nitriles is 1. The quantitative estimate of drug-likeness (QED) is 0.199. The Morgan fingerprint density at radius 2 is 1.21 bits per heavy atom. The van der Waals surface area contributed by atoms with E-state index >= 15 is 0 Å². The summed E-state index contributed by atoms with van der Waals surface area (Å²) in [5, 5.41) is 13.7. The molecule has 0 unspecified atom stereocenters. The van der Waals surface area contributed by atoms with Crippen LogP contribution in [0.3, 0.4) is 0 Å². The predicted octanol–water partition coefficient (Wildman–Crippen LogP) is 11.0. The van der Waals surface area contributed by atoms with Crippen LogP contribution in [0, 0.1) is 11.3 Å². The van der Waals surface area contributed by atoms with Crippen molar-refractivity contribution in [2.75, 3.05) is 0 Å². The summed E-state index contributed by atoms with van der Waals surface area (Å²) in [6, 6.07) is 57.2. The van der Waals surface area contributed by atoms with Crippen LogP contribution < -0.4 is 4.74 Å². The molecule has 10 rings (SSSR count). The van der Waals surface area contributed by atoms with Gasteiger partial charge in [0.2, 0.25) is 0 Å². The van der Waals surface area contributed by atoms with Crippen LogP contribution in [-0.4, -0.2) is 4.57 Å². The Hall–Kier alpha value is -6.57. The Morgan fingerprint density at radius 3 is 1.98 bits per heavy atom. The second-order valence-corrected chi connectivity index (χ2v) is 12.4. The maximum absolute atomic E-state index is 9.59. The van der Waals surface area contributed by atoms with Crippen molar-refractivity contribution in [3.8, 4) is 23.3 Å². The van der Waals surface area contributed by atoms with E-state index in [9.17, 15) is 5.26 Å². The molecule has 0 spiro atoms. The lowest BCUT2D eigenvalue weighted by Crippen LogP contribution is -2.34. The number of aromatic nitrogens is 1. The van der Waals surface area contributed by atoms with Gasteiger partial charge in [-0.3, -0.25) is 0 Å². The van der Waals surface area contributed by atoms with Gasteiger partial charge in [-0.25, -0.2) is 0 Å². The minimum atomic E-state index is -0.600. The highest BCUT2D eigenvalue weighted by Gasteiger charge is 2.46. The van der Waals surface area contributed by atoms with E-state index in [0.29, 0.717) is 5.56 Å². The summed E-state index contributed by atoms with van der Waals surface area (Å²) < 4.78 is 15.5. The third-order valence-electron chi connectivity index (χ3n) is 9.95. The van der Waals surface area contributed by atoms with Crippen LogP contribution in [0.2, 0.25) is 0 Å². The zero-order valence-corrected chi connectivity index (χ0v) is 25.7. The van der Waals surface area contributed by atoms with Crippen LogP contribution in [0.15, 0.2) is 162 Å². The Balaban J connectivity index is 1.32. The summed E-state index contributed by atoms with van der Waals surface area (Å²) in [7, 11) is 0. The summed E-state index contributed by atoms with van der Waals surface area (Å²) in [6.45, 7) is 0. The number of benzene rings is 7. The topological polar surface area (TPSA) is 51.1 Å². The number of rotatable bonds is 3. The molecule has 0 atom stereocenters. The fraction of sp³-hybridized carbons (Fsp3) is 0.0227. The molecule has 0 amide bonds. The van der Waals surface area contributed by atoms with Gasteiger partial charge in [0, 0.05) is 33.0 Å². The van der Waals surface area contributed by atoms with Gasteiger partial charge in [0.25, 0.3) is 0 Å². The third kappa shape index (κ3) is 3.53. The van der Waals surface area contributed by atoms with Gasteiger partial charge in [0.15, 0.2) is 0 Å². The van der Waals surface area contributed by atoms with Crippen LogP contribution in [0.25, 0.3) is 49.4 Å². The Kier molecular flexibility index (Phi) is 5.53. The molecule has 0 radical (unpaired) electrons. The first-order valence-electron chi connectivity index (χ1n) is 16.1. The fourth-order valence-electron chi connectivity index (χ4n) is 7.97. The number of fused-ring (bicyclic) bond motifs is 9. The van der Waals surface area contributed by atoms with Gasteiger partial charge in [0.05, 0.1) is 33.5 Å². The van der Waals surface area contributed by atoms with E-state index in [2.05, 4.69) is 144 Å². The van der Waals surface area contributed by atoms with Crippen molar-refractivity contribution < 1.29 is 9.15 Å². The van der Waals surface area contributed by atoms with Gasteiger partial charge in [-0.05, 0) is 65.7 Å². The van der Waals surface area contributed by atoms with E-state index in [1.807, 2.05) is 18.2 Å². The summed E-state index contributed by atoms with van der Waals surface area (Å²) >= 11 is 0. The number of nitrogens with zero attached hydrogens (tertiary/aromatic N) is 2. The van der Waals surface area contributed by atoms with Crippen LogP contribution in [0.4, 0.5) is 0 Å². The van der Waals surface area contributed by atoms with Gasteiger partial charge in [0.1, 0.15) is 22.7 Å². The Bertz CT molecular complexity index is 2730. The lowest BCUT2D eigenvalue weighted by Gasteiger charge is -2.41. The second-order valence-electron chi connectivity index (χ2n) is 12.4. The maximum atomic E-state index is 9.59. The van der Waals surface area contributed by atoms with Crippen molar-refractivity contribution >= 4 is 43.7 Å². The van der Waals surface area contributed by atoms with Crippen molar-refractivity contribution in [3.05, 3.63) is 186 Å². The zero-order chi connectivity index (χ0) is 31.8. The molecule has 4 heteroatoms. The molecule has 0 aliphatic carbocycles. The molecule has 0 bridgehead atoms. The number of furan rings is 1. The molecule has 4 nitrogen and oxygen atoms in total. The molecule has 7 aromatic carbocycles. The van der Waals surface area contributed by atoms with Crippen LogP contribution in [-0.2, 0) is 5.41 Å². The molecule has 0 saturated heterocycles. The van der Waals surface area contributed by atoms with E-state index in [1.54, 1.807) is 6.07 Å². The van der Waals surface area contributed by atoms with Crippen LogP contribution in [0.5, 0.6) is 11.5 Å². The molecule has 1 aliphatic heterocycles. The fourth-order valence-corrected chi connectivity index (χ4v) is 7.97. The van der Waals surface area contributed by atoms with Crippen molar-refractivity contribution in [1.82, 2.24) is 4.57 Å². The number of para-hydroxylation sites is 2. The monoisotopic (exact) mass is 614 g/mol. The molecule has 0 fully saturated rings. The van der Waals surface area contributed by atoms with E-state index < -0.39 is 5.41 Å². The Morgan fingerprint density at radius 1 is 0.542 bits per heavy atom. The number of ether oxygens (including phenoxy) is 1. The van der Waals surface area contributed by atoms with Gasteiger partial charge < -0.3 is 13.7 Å². The average Bonchev–Trinajstić information content (AvgIpc) is 3.69. The first-order valence-corrected chi connectivity index (χ1v) is 16.1. The van der Waals surface area contributed by atoms with Gasteiger partial charge >= 0.3 is 0 Å². The van der Waals surface area contributed by atoms with Crippen molar-refractivity contribution in [3.63, 3.8) is 0 Å². The molecule has 2 aromatic heterocycles. The largest absolute Gasteiger partial charge is 0.456 e. The van der Waals surface area contributed by atoms with Crippen LogP contribution in [0.1, 0.15) is 27.8 Å². The molecule has 224 valence electrons. The molecular formula is C44H26N2O2. The summed E-state index contributed by atoms with van der Waals surface area (Å²) in [5.74, 6) is 1.71. The lowest BCUT2D eigenvalue weighted by atomic mass is 9.63. The van der Waals surface area contributed by atoms with E-state index in [-0.39, 0.29) is 0 Å². The summed E-state index contributed by atoms with van der Waals surface area (Å²) in [6.07, 6.45) is 0. The predicted molar refractivity (Wildman–Crippen MR) is 191 cm³/mol.